The zero-order chi connectivity index (χ0) is 10.9. The first kappa shape index (κ1) is 12.0. The second-order valence-corrected chi connectivity index (χ2v) is 5.28. The Morgan fingerprint density at radius 1 is 1.50 bits per heavy atom. The summed E-state index contributed by atoms with van der Waals surface area (Å²) in [7, 11) is 0. The van der Waals surface area contributed by atoms with E-state index in [0.29, 0.717) is 15.9 Å². The van der Waals surface area contributed by atoms with Crippen LogP contribution in [-0.2, 0) is 6.42 Å². The number of nitrogens with two attached hydrogens (primary N) is 1. The Morgan fingerprint density at radius 2 is 2.07 bits per heavy atom. The minimum Gasteiger partial charge on any atom is -0.325 e. The lowest BCUT2D eigenvalue weighted by molar-refractivity contribution is 0.515. The lowest BCUT2D eigenvalue weighted by atomic mass is 9.96. The maximum atomic E-state index is 13.0. The quantitative estimate of drug-likeness (QED) is 0.824. The van der Waals surface area contributed by atoms with Crippen molar-refractivity contribution in [2.75, 3.05) is 0 Å². The van der Waals surface area contributed by atoms with Crippen LogP contribution < -0.4 is 5.73 Å². The third kappa shape index (κ3) is 3.23. The summed E-state index contributed by atoms with van der Waals surface area (Å²) in [5.41, 5.74) is 6.36. The van der Waals surface area contributed by atoms with Crippen LogP contribution in [0.25, 0.3) is 0 Å². The van der Waals surface area contributed by atoms with Crippen LogP contribution in [0, 0.1) is 5.82 Å². The summed E-state index contributed by atoms with van der Waals surface area (Å²) in [4.78, 5) is 0. The van der Waals surface area contributed by atoms with Gasteiger partial charge >= 0.3 is 0 Å². The summed E-state index contributed by atoms with van der Waals surface area (Å²) in [6, 6.07) is 2.97. The number of benzene rings is 1. The van der Waals surface area contributed by atoms with Gasteiger partial charge in [-0.15, -0.1) is 0 Å². The fraction of sp³-hybridized carbons (Fsp3) is 0.400. The Bertz CT molecular complexity index is 347. The van der Waals surface area contributed by atoms with Gasteiger partial charge in [0, 0.05) is 10.6 Å². The van der Waals surface area contributed by atoms with E-state index >= 15 is 0 Å². The van der Waals surface area contributed by atoms with E-state index in [4.69, 9.17) is 17.3 Å². The fourth-order valence-corrected chi connectivity index (χ4v) is 1.80. The van der Waals surface area contributed by atoms with Crippen molar-refractivity contribution in [3.05, 3.63) is 33.0 Å². The molecule has 0 bridgehead atoms. The Kier molecular flexibility index (Phi) is 3.56. The van der Waals surface area contributed by atoms with E-state index in [-0.39, 0.29) is 11.4 Å². The van der Waals surface area contributed by atoms with Gasteiger partial charge in [-0.05, 0) is 53.9 Å². The van der Waals surface area contributed by atoms with Crippen LogP contribution in [0.4, 0.5) is 4.39 Å². The molecule has 0 aliphatic carbocycles. The lowest BCUT2D eigenvalue weighted by Crippen LogP contribution is -2.34. The summed E-state index contributed by atoms with van der Waals surface area (Å²) < 4.78 is 13.4. The summed E-state index contributed by atoms with van der Waals surface area (Å²) in [6.45, 7) is 3.81. The Labute approximate surface area is 96.6 Å². The van der Waals surface area contributed by atoms with Crippen molar-refractivity contribution >= 4 is 27.5 Å². The van der Waals surface area contributed by atoms with E-state index < -0.39 is 0 Å². The molecule has 1 nitrogen and oxygen atoms in total. The van der Waals surface area contributed by atoms with Crippen LogP contribution >= 0.6 is 27.5 Å². The second-order valence-electron chi connectivity index (χ2n) is 4.02. The zero-order valence-corrected chi connectivity index (χ0v) is 10.4. The first-order chi connectivity index (χ1) is 6.29. The smallest absolute Gasteiger partial charge is 0.138 e. The predicted octanol–water partition coefficient (Wildman–Crippen LogP) is 3.52. The Balaban J connectivity index is 3.04. The maximum Gasteiger partial charge on any atom is 0.138 e. The normalized spacial score (nSPS) is 11.9. The van der Waals surface area contributed by atoms with Crippen LogP contribution in [0.2, 0.25) is 5.02 Å². The third-order valence-corrected chi connectivity index (χ3v) is 2.69. The van der Waals surface area contributed by atoms with Gasteiger partial charge in [0.15, 0.2) is 0 Å². The highest BCUT2D eigenvalue weighted by molar-refractivity contribution is 9.10. The molecule has 0 aromatic heterocycles. The number of halogens is 3. The SMILES string of the molecule is CC(C)(N)Cc1cc(Br)c(F)cc1Cl. The van der Waals surface area contributed by atoms with Gasteiger partial charge in [-0.3, -0.25) is 0 Å². The molecule has 0 atom stereocenters. The average Bonchev–Trinajstić information content (AvgIpc) is 1.97. The summed E-state index contributed by atoms with van der Waals surface area (Å²) in [5.74, 6) is -0.353. The van der Waals surface area contributed by atoms with E-state index in [2.05, 4.69) is 15.9 Å². The van der Waals surface area contributed by atoms with Crippen LogP contribution in [0.5, 0.6) is 0 Å². The van der Waals surface area contributed by atoms with Gasteiger partial charge in [-0.1, -0.05) is 11.6 Å². The largest absolute Gasteiger partial charge is 0.325 e. The molecule has 14 heavy (non-hydrogen) atoms. The number of hydrogen-bond donors (Lipinski definition) is 1. The van der Waals surface area contributed by atoms with Crippen molar-refractivity contribution in [3.8, 4) is 0 Å². The highest BCUT2D eigenvalue weighted by Crippen LogP contribution is 2.26. The molecule has 0 saturated heterocycles. The molecule has 0 saturated carbocycles. The monoisotopic (exact) mass is 279 g/mol. The molecule has 0 aliphatic rings. The molecular formula is C10H12BrClFN. The van der Waals surface area contributed by atoms with Gasteiger partial charge in [-0.25, -0.2) is 4.39 Å². The maximum absolute atomic E-state index is 13.0. The molecule has 1 aromatic rings. The first-order valence-corrected chi connectivity index (χ1v) is 5.39. The minimum atomic E-state index is -0.353. The average molecular weight is 281 g/mol. The molecule has 0 fully saturated rings. The zero-order valence-electron chi connectivity index (χ0n) is 8.07. The molecule has 1 rings (SSSR count). The molecule has 0 radical (unpaired) electrons. The Morgan fingerprint density at radius 3 is 2.57 bits per heavy atom. The van der Waals surface area contributed by atoms with Crippen LogP contribution in [0.15, 0.2) is 16.6 Å². The predicted molar refractivity (Wildman–Crippen MR) is 61.1 cm³/mol. The molecular weight excluding hydrogens is 268 g/mol. The van der Waals surface area contributed by atoms with E-state index in [1.165, 1.54) is 6.07 Å². The molecule has 1 aromatic carbocycles. The van der Waals surface area contributed by atoms with Gasteiger partial charge in [0.25, 0.3) is 0 Å². The molecule has 0 spiro atoms. The molecule has 0 heterocycles. The highest BCUT2D eigenvalue weighted by atomic mass is 79.9. The van der Waals surface area contributed by atoms with Crippen molar-refractivity contribution in [3.63, 3.8) is 0 Å². The molecule has 0 unspecified atom stereocenters. The van der Waals surface area contributed by atoms with Crippen molar-refractivity contribution in [2.45, 2.75) is 25.8 Å². The molecule has 2 N–H and O–H groups in total. The third-order valence-electron chi connectivity index (χ3n) is 1.74. The highest BCUT2D eigenvalue weighted by Gasteiger charge is 2.15. The molecule has 0 aliphatic heterocycles. The lowest BCUT2D eigenvalue weighted by Gasteiger charge is -2.19. The van der Waals surface area contributed by atoms with Crippen LogP contribution in [-0.4, -0.2) is 5.54 Å². The van der Waals surface area contributed by atoms with Gasteiger partial charge in [0.2, 0.25) is 0 Å². The second kappa shape index (κ2) is 4.17. The molecule has 78 valence electrons. The van der Waals surface area contributed by atoms with Crippen LogP contribution in [0.1, 0.15) is 19.4 Å². The van der Waals surface area contributed by atoms with E-state index in [1.54, 1.807) is 6.07 Å². The summed E-state index contributed by atoms with van der Waals surface area (Å²) in [5, 5.41) is 0.421. The van der Waals surface area contributed by atoms with Gasteiger partial charge in [0.05, 0.1) is 4.47 Å². The van der Waals surface area contributed by atoms with Crippen molar-refractivity contribution < 1.29 is 4.39 Å². The van der Waals surface area contributed by atoms with Crippen molar-refractivity contribution in [1.82, 2.24) is 0 Å². The van der Waals surface area contributed by atoms with E-state index in [0.717, 1.165) is 5.56 Å². The fourth-order valence-electron chi connectivity index (χ4n) is 1.19. The van der Waals surface area contributed by atoms with E-state index in [1.807, 2.05) is 13.8 Å². The molecule has 4 heteroatoms. The van der Waals surface area contributed by atoms with Gasteiger partial charge in [-0.2, -0.15) is 0 Å². The van der Waals surface area contributed by atoms with Crippen LogP contribution in [0.3, 0.4) is 0 Å². The van der Waals surface area contributed by atoms with E-state index in [9.17, 15) is 4.39 Å². The van der Waals surface area contributed by atoms with Gasteiger partial charge in [0.1, 0.15) is 5.82 Å². The number of hydrogen-bond acceptors (Lipinski definition) is 1. The summed E-state index contributed by atoms with van der Waals surface area (Å²) in [6.07, 6.45) is 0.616. The molecule has 0 amide bonds. The van der Waals surface area contributed by atoms with Crippen molar-refractivity contribution in [1.29, 1.82) is 0 Å². The number of rotatable bonds is 2. The Hall–Kier alpha value is -0.120. The van der Waals surface area contributed by atoms with Gasteiger partial charge < -0.3 is 5.73 Å². The first-order valence-electron chi connectivity index (χ1n) is 4.22. The minimum absolute atomic E-state index is 0.346. The van der Waals surface area contributed by atoms with Crippen molar-refractivity contribution in [2.24, 2.45) is 5.73 Å². The summed E-state index contributed by atoms with van der Waals surface area (Å²) >= 11 is 9.00. The topological polar surface area (TPSA) is 26.0 Å². The standard InChI is InChI=1S/C10H12BrClFN/c1-10(2,14)5-6-3-7(11)9(13)4-8(6)12/h3-4H,5,14H2,1-2H3.